The average Bonchev–Trinajstić information content (AvgIpc) is 1.69. The maximum atomic E-state index is 11.0. The summed E-state index contributed by atoms with van der Waals surface area (Å²) >= 11 is 0. The highest BCUT2D eigenvalue weighted by Crippen LogP contribution is 1.89. The first-order valence-corrected chi connectivity index (χ1v) is 2.50. The number of hydrogen-bond donors (Lipinski definition) is 0. The molecule has 0 amide bonds. The quantitative estimate of drug-likeness (QED) is 0.368. The van der Waals surface area contributed by atoms with Crippen LogP contribution < -0.4 is 0 Å². The zero-order valence-electron chi connectivity index (χ0n) is 4.50. The molecule has 0 unspecified atom stereocenters. The zero-order valence-corrected chi connectivity index (χ0v) is 4.50. The molecule has 7 heavy (non-hydrogen) atoms. The van der Waals surface area contributed by atoms with E-state index in [1.54, 1.807) is 0 Å². The van der Waals surface area contributed by atoms with E-state index in [9.17, 15) is 4.39 Å². The third-order valence-electron chi connectivity index (χ3n) is 0.722. The molecule has 40 valence electrons. The molecule has 0 heterocycles. The molecule has 0 aliphatic heterocycles. The normalized spacial score (nSPS) is 7.14. The first-order chi connectivity index (χ1) is 3.41. The van der Waals surface area contributed by atoms with Crippen LogP contribution in [0.5, 0.6) is 0 Å². The summed E-state index contributed by atoms with van der Waals surface area (Å²) in [6.07, 6.45) is 4.16. The molecule has 0 radical (unpaired) electrons. The number of rotatable bonds is 2. The van der Waals surface area contributed by atoms with E-state index in [1.165, 1.54) is 6.17 Å². The summed E-state index contributed by atoms with van der Waals surface area (Å²) in [6, 6.07) is 0. The van der Waals surface area contributed by atoms with Crippen LogP contribution in [0.4, 0.5) is 4.39 Å². The molecular weight excluding hydrogens is 91.1 g/mol. The molecule has 0 rings (SSSR count). The van der Waals surface area contributed by atoms with Gasteiger partial charge in [0.2, 0.25) is 0 Å². The molecule has 0 fully saturated rings. The number of unbranched alkanes of at least 4 members (excludes halogenated alkanes) is 2. The van der Waals surface area contributed by atoms with Crippen molar-refractivity contribution in [1.29, 1.82) is 0 Å². The van der Waals surface area contributed by atoms with E-state index in [-0.39, 0.29) is 0 Å². The lowest BCUT2D eigenvalue weighted by Crippen LogP contribution is -1.64. The van der Waals surface area contributed by atoms with Crippen molar-refractivity contribution >= 4 is 0 Å². The van der Waals surface area contributed by atoms with Gasteiger partial charge in [-0.2, -0.15) is 0 Å². The first-order valence-electron chi connectivity index (χ1n) is 2.50. The van der Waals surface area contributed by atoms with E-state index in [2.05, 4.69) is 12.8 Å². The van der Waals surface area contributed by atoms with Crippen molar-refractivity contribution < 1.29 is 4.39 Å². The summed E-state index contributed by atoms with van der Waals surface area (Å²) in [5, 5.41) is 0. The largest absolute Gasteiger partial charge is 0.144 e. The standard InChI is InChI=1S/C6H9F/c1-2-3-4-5-6-7/h2-4H2,1H3. The monoisotopic (exact) mass is 100 g/mol. The fraction of sp³-hybridized carbons (Fsp3) is 0.667. The van der Waals surface area contributed by atoms with Crippen molar-refractivity contribution in [1.82, 2.24) is 0 Å². The SMILES string of the molecule is CCCCC#CF. The van der Waals surface area contributed by atoms with E-state index >= 15 is 0 Å². The predicted octanol–water partition coefficient (Wildman–Crippen LogP) is 2.11. The summed E-state index contributed by atoms with van der Waals surface area (Å²) in [7, 11) is 0. The molecule has 0 saturated heterocycles. The van der Waals surface area contributed by atoms with E-state index in [0.717, 1.165) is 12.8 Å². The Morgan fingerprint density at radius 3 is 2.71 bits per heavy atom. The molecule has 0 saturated carbocycles. The van der Waals surface area contributed by atoms with Gasteiger partial charge in [-0.05, 0) is 6.42 Å². The highest BCUT2D eigenvalue weighted by molar-refractivity contribution is 4.89. The molecule has 1 heteroatoms. The van der Waals surface area contributed by atoms with E-state index in [1.807, 2.05) is 0 Å². The summed E-state index contributed by atoms with van der Waals surface area (Å²) in [5.74, 6) is 2.33. The molecule has 0 aromatic heterocycles. The van der Waals surface area contributed by atoms with E-state index < -0.39 is 0 Å². The highest BCUT2D eigenvalue weighted by Gasteiger charge is 1.73. The maximum absolute atomic E-state index is 11.0. The van der Waals surface area contributed by atoms with Crippen LogP contribution >= 0.6 is 0 Å². The molecular formula is C6H9F. The van der Waals surface area contributed by atoms with Gasteiger partial charge in [-0.1, -0.05) is 19.3 Å². The molecule has 0 N–H and O–H groups in total. The molecule has 0 aromatic carbocycles. The molecule has 0 spiro atoms. The summed E-state index contributed by atoms with van der Waals surface area (Å²) < 4.78 is 11.0. The summed E-state index contributed by atoms with van der Waals surface area (Å²) in [5.41, 5.74) is 0. The lowest BCUT2D eigenvalue weighted by Gasteiger charge is -1.79. The second kappa shape index (κ2) is 5.49. The van der Waals surface area contributed by atoms with Gasteiger partial charge in [0.05, 0.1) is 0 Å². The van der Waals surface area contributed by atoms with Gasteiger partial charge in [-0.3, -0.25) is 0 Å². The van der Waals surface area contributed by atoms with Gasteiger partial charge in [-0.15, -0.1) is 4.39 Å². The molecule has 0 aliphatic rings. The van der Waals surface area contributed by atoms with Gasteiger partial charge >= 0.3 is 0 Å². The van der Waals surface area contributed by atoms with Gasteiger partial charge in [-0.25, -0.2) is 0 Å². The second-order valence-corrected chi connectivity index (χ2v) is 1.37. The molecule has 0 aromatic rings. The Hall–Kier alpha value is -0.510. The van der Waals surface area contributed by atoms with Crippen molar-refractivity contribution in [2.45, 2.75) is 26.2 Å². The zero-order chi connectivity index (χ0) is 5.54. The van der Waals surface area contributed by atoms with Crippen LogP contribution in [0.3, 0.4) is 0 Å². The van der Waals surface area contributed by atoms with Crippen LogP contribution in [-0.4, -0.2) is 0 Å². The van der Waals surface area contributed by atoms with Crippen LogP contribution in [0, 0.1) is 12.1 Å². The Bertz CT molecular complexity index is 75.9. The van der Waals surface area contributed by atoms with Gasteiger partial charge in [0, 0.05) is 6.42 Å². The van der Waals surface area contributed by atoms with Crippen LogP contribution in [0.15, 0.2) is 0 Å². The van der Waals surface area contributed by atoms with Crippen molar-refractivity contribution in [3.8, 4) is 12.1 Å². The Kier molecular flexibility index (Phi) is 5.09. The number of hydrogen-bond acceptors (Lipinski definition) is 0. The summed E-state index contributed by atoms with van der Waals surface area (Å²) in [6.45, 7) is 2.06. The molecule has 0 nitrogen and oxygen atoms in total. The molecule has 0 bridgehead atoms. The third kappa shape index (κ3) is 5.49. The Morgan fingerprint density at radius 2 is 2.29 bits per heavy atom. The van der Waals surface area contributed by atoms with Crippen molar-refractivity contribution in [3.05, 3.63) is 0 Å². The Labute approximate surface area is 43.7 Å². The van der Waals surface area contributed by atoms with E-state index in [4.69, 9.17) is 0 Å². The van der Waals surface area contributed by atoms with E-state index in [0.29, 0.717) is 6.42 Å². The van der Waals surface area contributed by atoms with Crippen LogP contribution in [0.1, 0.15) is 26.2 Å². The van der Waals surface area contributed by atoms with Crippen molar-refractivity contribution in [2.24, 2.45) is 0 Å². The molecule has 0 aliphatic carbocycles. The van der Waals surface area contributed by atoms with Gasteiger partial charge in [0.1, 0.15) is 6.17 Å². The minimum atomic E-state index is 0.701. The van der Waals surface area contributed by atoms with Gasteiger partial charge in [0.15, 0.2) is 0 Å². The predicted molar refractivity (Wildman–Crippen MR) is 28.4 cm³/mol. The van der Waals surface area contributed by atoms with Crippen molar-refractivity contribution in [3.63, 3.8) is 0 Å². The van der Waals surface area contributed by atoms with Crippen LogP contribution in [-0.2, 0) is 0 Å². The van der Waals surface area contributed by atoms with Crippen LogP contribution in [0.25, 0.3) is 0 Å². The Morgan fingerprint density at radius 1 is 1.57 bits per heavy atom. The van der Waals surface area contributed by atoms with Crippen LogP contribution in [0.2, 0.25) is 0 Å². The lowest BCUT2D eigenvalue weighted by molar-refractivity contribution is 0.763. The van der Waals surface area contributed by atoms with Gasteiger partial charge in [0.25, 0.3) is 0 Å². The fourth-order valence-electron chi connectivity index (χ4n) is 0.312. The highest BCUT2D eigenvalue weighted by atomic mass is 19.1. The third-order valence-corrected chi connectivity index (χ3v) is 0.722. The molecule has 0 atom stereocenters. The average molecular weight is 100 g/mol. The second-order valence-electron chi connectivity index (χ2n) is 1.37. The maximum Gasteiger partial charge on any atom is 0.105 e. The topological polar surface area (TPSA) is 0 Å². The lowest BCUT2D eigenvalue weighted by atomic mass is 10.3. The summed E-state index contributed by atoms with van der Waals surface area (Å²) in [4.78, 5) is 0. The minimum absolute atomic E-state index is 0.701. The number of halogens is 1. The van der Waals surface area contributed by atoms with Gasteiger partial charge < -0.3 is 0 Å². The fourth-order valence-corrected chi connectivity index (χ4v) is 0.312. The van der Waals surface area contributed by atoms with Crippen molar-refractivity contribution in [2.75, 3.05) is 0 Å². The first kappa shape index (κ1) is 6.49. The Balaban J connectivity index is 2.78. The smallest absolute Gasteiger partial charge is 0.105 e. The minimum Gasteiger partial charge on any atom is -0.144 e.